The number of nitrogens with zero attached hydrogens (tertiary/aromatic N) is 1. The van der Waals surface area contributed by atoms with Crippen molar-refractivity contribution in [2.45, 2.75) is 38.6 Å². The molecule has 2 heterocycles. The van der Waals surface area contributed by atoms with Gasteiger partial charge in [-0.2, -0.15) is 0 Å². The standard InChI is InChI=1S/C17H22N2O5S/c1-10(2)16(13-5-6-14-15(9-13)23-8-7-22-14)19-25(20,21)17-11(3)18-24-12(17)4/h5-6,9-10,16,19H,7-8H2,1-4H3. The van der Waals surface area contributed by atoms with E-state index in [-0.39, 0.29) is 16.6 Å². The van der Waals surface area contributed by atoms with Crippen LogP contribution in [0.15, 0.2) is 27.6 Å². The highest BCUT2D eigenvalue weighted by Gasteiger charge is 2.29. The number of aromatic nitrogens is 1. The first-order chi connectivity index (χ1) is 11.8. The summed E-state index contributed by atoms with van der Waals surface area (Å²) in [6.45, 7) is 8.10. The first-order valence-electron chi connectivity index (χ1n) is 8.14. The van der Waals surface area contributed by atoms with Crippen LogP contribution in [0.25, 0.3) is 0 Å². The minimum absolute atomic E-state index is 0.0257. The number of rotatable bonds is 5. The first-order valence-corrected chi connectivity index (χ1v) is 9.62. The van der Waals surface area contributed by atoms with Crippen molar-refractivity contribution in [3.63, 3.8) is 0 Å². The Hall–Kier alpha value is -2.06. The summed E-state index contributed by atoms with van der Waals surface area (Å²) in [4.78, 5) is 0.0932. The van der Waals surface area contributed by atoms with Crippen LogP contribution in [0.4, 0.5) is 0 Å². The van der Waals surface area contributed by atoms with E-state index in [4.69, 9.17) is 14.0 Å². The number of aryl methyl sites for hydroxylation is 2. The van der Waals surface area contributed by atoms with Crippen LogP contribution in [-0.2, 0) is 10.0 Å². The Bertz CT molecular complexity index is 854. The number of hydrogen-bond donors (Lipinski definition) is 1. The molecule has 0 bridgehead atoms. The Morgan fingerprint density at radius 3 is 2.40 bits per heavy atom. The smallest absolute Gasteiger partial charge is 0.246 e. The molecule has 0 saturated carbocycles. The molecule has 8 heteroatoms. The quantitative estimate of drug-likeness (QED) is 0.875. The van der Waals surface area contributed by atoms with Gasteiger partial charge in [-0.05, 0) is 37.5 Å². The average molecular weight is 366 g/mol. The summed E-state index contributed by atoms with van der Waals surface area (Å²) < 4.78 is 44.6. The molecular weight excluding hydrogens is 344 g/mol. The highest BCUT2D eigenvalue weighted by atomic mass is 32.2. The van der Waals surface area contributed by atoms with Crippen molar-refractivity contribution in [3.8, 4) is 11.5 Å². The third kappa shape index (κ3) is 3.50. The van der Waals surface area contributed by atoms with Gasteiger partial charge in [-0.15, -0.1) is 0 Å². The fourth-order valence-corrected chi connectivity index (χ4v) is 4.63. The minimum atomic E-state index is -3.77. The van der Waals surface area contributed by atoms with Crippen LogP contribution in [0.2, 0.25) is 0 Å². The maximum Gasteiger partial charge on any atom is 0.246 e. The Kier molecular flexibility index (Phi) is 4.75. The zero-order valence-corrected chi connectivity index (χ0v) is 15.5. The lowest BCUT2D eigenvalue weighted by molar-refractivity contribution is 0.171. The van der Waals surface area contributed by atoms with E-state index in [0.717, 1.165) is 5.56 Å². The van der Waals surface area contributed by atoms with Gasteiger partial charge in [0.1, 0.15) is 23.8 Å². The fourth-order valence-electron chi connectivity index (χ4n) is 2.93. The lowest BCUT2D eigenvalue weighted by atomic mass is 9.97. The average Bonchev–Trinajstić information content (AvgIpc) is 2.91. The van der Waals surface area contributed by atoms with Gasteiger partial charge in [-0.25, -0.2) is 13.1 Å². The highest BCUT2D eigenvalue weighted by Crippen LogP contribution is 2.35. The molecule has 2 aromatic rings. The second-order valence-corrected chi connectivity index (χ2v) is 8.05. The first kappa shape index (κ1) is 17.8. The molecule has 1 aliphatic rings. The molecule has 1 aliphatic heterocycles. The molecule has 0 radical (unpaired) electrons. The topological polar surface area (TPSA) is 90.7 Å². The molecule has 0 aliphatic carbocycles. The van der Waals surface area contributed by atoms with Gasteiger partial charge in [-0.1, -0.05) is 25.1 Å². The summed E-state index contributed by atoms with van der Waals surface area (Å²) in [6, 6.07) is 5.07. The third-order valence-corrected chi connectivity index (χ3v) is 5.80. The van der Waals surface area contributed by atoms with Crippen molar-refractivity contribution in [3.05, 3.63) is 35.2 Å². The minimum Gasteiger partial charge on any atom is -0.486 e. The molecule has 136 valence electrons. The van der Waals surface area contributed by atoms with Gasteiger partial charge in [0.15, 0.2) is 17.3 Å². The molecular formula is C17H22N2O5S. The molecule has 25 heavy (non-hydrogen) atoms. The van der Waals surface area contributed by atoms with E-state index in [9.17, 15) is 8.42 Å². The monoisotopic (exact) mass is 366 g/mol. The van der Waals surface area contributed by atoms with Crippen LogP contribution in [0, 0.1) is 19.8 Å². The van der Waals surface area contributed by atoms with Crippen molar-refractivity contribution >= 4 is 10.0 Å². The van der Waals surface area contributed by atoms with Crippen molar-refractivity contribution in [2.24, 2.45) is 5.92 Å². The largest absolute Gasteiger partial charge is 0.486 e. The van der Waals surface area contributed by atoms with E-state index in [2.05, 4.69) is 9.88 Å². The molecule has 0 spiro atoms. The summed E-state index contributed by atoms with van der Waals surface area (Å²) in [7, 11) is -3.77. The van der Waals surface area contributed by atoms with E-state index in [0.29, 0.717) is 30.4 Å². The van der Waals surface area contributed by atoms with Gasteiger partial charge in [0.05, 0.1) is 0 Å². The van der Waals surface area contributed by atoms with Gasteiger partial charge in [0.25, 0.3) is 0 Å². The summed E-state index contributed by atoms with van der Waals surface area (Å²) in [6.07, 6.45) is 0. The zero-order valence-electron chi connectivity index (χ0n) is 14.7. The SMILES string of the molecule is Cc1noc(C)c1S(=O)(=O)NC(c1ccc2c(c1)OCCO2)C(C)C. The predicted molar refractivity (Wildman–Crippen MR) is 91.3 cm³/mol. The van der Waals surface area contributed by atoms with Crippen LogP contribution >= 0.6 is 0 Å². The molecule has 7 nitrogen and oxygen atoms in total. The summed E-state index contributed by atoms with van der Waals surface area (Å²) in [5.41, 5.74) is 1.16. The van der Waals surface area contributed by atoms with Gasteiger partial charge < -0.3 is 14.0 Å². The normalized spacial score (nSPS) is 15.4. The number of hydrogen-bond acceptors (Lipinski definition) is 6. The molecule has 1 atom stereocenters. The van der Waals surface area contributed by atoms with Crippen LogP contribution in [-0.4, -0.2) is 26.8 Å². The zero-order chi connectivity index (χ0) is 18.2. The molecule has 3 rings (SSSR count). The Morgan fingerprint density at radius 1 is 1.12 bits per heavy atom. The molecule has 1 N–H and O–H groups in total. The maximum atomic E-state index is 12.8. The molecule has 1 aromatic heterocycles. The molecule has 0 fully saturated rings. The van der Waals surface area contributed by atoms with E-state index in [1.165, 1.54) is 0 Å². The number of ether oxygens (including phenoxy) is 2. The van der Waals surface area contributed by atoms with Gasteiger partial charge in [-0.3, -0.25) is 0 Å². The highest BCUT2D eigenvalue weighted by molar-refractivity contribution is 7.89. The lowest BCUT2D eigenvalue weighted by Crippen LogP contribution is -2.32. The summed E-state index contributed by atoms with van der Waals surface area (Å²) in [5, 5.41) is 3.73. The molecule has 0 amide bonds. The fraction of sp³-hybridized carbons (Fsp3) is 0.471. The number of nitrogens with one attached hydrogen (secondary N) is 1. The van der Waals surface area contributed by atoms with E-state index in [1.54, 1.807) is 13.8 Å². The van der Waals surface area contributed by atoms with Gasteiger partial charge in [0, 0.05) is 6.04 Å². The van der Waals surface area contributed by atoms with Crippen LogP contribution in [0.5, 0.6) is 11.5 Å². The Morgan fingerprint density at radius 2 is 1.80 bits per heavy atom. The Labute approximate surface area is 147 Å². The van der Waals surface area contributed by atoms with E-state index in [1.807, 2.05) is 32.0 Å². The van der Waals surface area contributed by atoms with Crippen LogP contribution in [0.3, 0.4) is 0 Å². The second kappa shape index (κ2) is 6.68. The lowest BCUT2D eigenvalue weighted by Gasteiger charge is -2.25. The van der Waals surface area contributed by atoms with Crippen molar-refractivity contribution in [2.75, 3.05) is 13.2 Å². The third-order valence-electron chi connectivity index (χ3n) is 4.11. The number of fused-ring (bicyclic) bond motifs is 1. The summed E-state index contributed by atoms with van der Waals surface area (Å²) >= 11 is 0. The van der Waals surface area contributed by atoms with Crippen molar-refractivity contribution in [1.82, 2.24) is 9.88 Å². The number of benzene rings is 1. The van der Waals surface area contributed by atoms with Crippen LogP contribution in [0.1, 0.15) is 36.9 Å². The maximum absolute atomic E-state index is 12.8. The molecule has 0 saturated heterocycles. The van der Waals surface area contributed by atoms with Gasteiger partial charge >= 0.3 is 0 Å². The van der Waals surface area contributed by atoms with Crippen molar-refractivity contribution < 1.29 is 22.4 Å². The second-order valence-electron chi connectivity index (χ2n) is 6.40. The predicted octanol–water partition coefficient (Wildman–Crippen LogP) is 2.74. The summed E-state index contributed by atoms with van der Waals surface area (Å²) in [5.74, 6) is 1.60. The van der Waals surface area contributed by atoms with E-state index >= 15 is 0 Å². The van der Waals surface area contributed by atoms with Crippen molar-refractivity contribution in [1.29, 1.82) is 0 Å². The Balaban J connectivity index is 1.95. The molecule has 1 aromatic carbocycles. The molecule has 1 unspecified atom stereocenters. The van der Waals surface area contributed by atoms with Crippen LogP contribution < -0.4 is 14.2 Å². The number of sulfonamides is 1. The van der Waals surface area contributed by atoms with Gasteiger partial charge in [0.2, 0.25) is 10.0 Å². The van der Waals surface area contributed by atoms with E-state index < -0.39 is 16.1 Å².